The molecule has 1 amide bonds. The molecule has 1 aromatic heterocycles. The minimum absolute atomic E-state index is 0.0181. The van der Waals surface area contributed by atoms with Crippen molar-refractivity contribution in [3.8, 4) is 17.5 Å². The molecule has 112 valence electrons. The Bertz CT molecular complexity index is 725. The number of amides is 1. The average Bonchev–Trinajstić information content (AvgIpc) is 3.16. The quantitative estimate of drug-likeness (QED) is 0.878. The molecule has 0 aliphatic carbocycles. The number of benzene rings is 1. The predicted molar refractivity (Wildman–Crippen MR) is 76.2 cm³/mol. The molecule has 7 heteroatoms. The number of nitriles is 1. The number of carbonyl (C=O) groups excluding carboxylic acids is 1. The molecule has 0 saturated carbocycles. The largest absolute Gasteiger partial charge is 0.354 e. The van der Waals surface area contributed by atoms with Gasteiger partial charge in [0.05, 0.1) is 6.54 Å². The van der Waals surface area contributed by atoms with Crippen LogP contribution in [0.1, 0.15) is 6.42 Å². The molecule has 22 heavy (non-hydrogen) atoms. The van der Waals surface area contributed by atoms with Crippen LogP contribution in [0.4, 0.5) is 10.2 Å². The van der Waals surface area contributed by atoms with Gasteiger partial charge in [-0.25, -0.2) is 4.39 Å². The summed E-state index contributed by atoms with van der Waals surface area (Å²) < 4.78 is 19.6. The van der Waals surface area contributed by atoms with Gasteiger partial charge in [0.1, 0.15) is 0 Å². The third kappa shape index (κ3) is 2.63. The predicted octanol–water partition coefficient (Wildman–Crippen LogP) is 2.18. The number of alkyl halides is 1. The summed E-state index contributed by atoms with van der Waals surface area (Å²) in [5, 5.41) is 14.9. The molecule has 1 unspecified atom stereocenters. The lowest BCUT2D eigenvalue weighted by Crippen LogP contribution is -2.40. The zero-order valence-corrected chi connectivity index (χ0v) is 11.6. The van der Waals surface area contributed by atoms with E-state index < -0.39 is 11.6 Å². The summed E-state index contributed by atoms with van der Waals surface area (Å²) in [4.78, 5) is 13.3. The summed E-state index contributed by atoms with van der Waals surface area (Å²) >= 11 is 0. The maximum Gasteiger partial charge on any atom is 0.265 e. The van der Waals surface area contributed by atoms with Gasteiger partial charge in [0, 0.05) is 24.6 Å². The van der Waals surface area contributed by atoms with E-state index in [-0.39, 0.29) is 25.3 Å². The Labute approximate surface area is 126 Å². The lowest BCUT2D eigenvalue weighted by Gasteiger charge is -2.16. The number of carbonyl (C=O) groups is 1. The second-order valence-corrected chi connectivity index (χ2v) is 5.13. The van der Waals surface area contributed by atoms with Crippen LogP contribution in [0.15, 0.2) is 40.9 Å². The molecule has 1 N–H and O–H groups in total. The van der Waals surface area contributed by atoms with Gasteiger partial charge in [-0.15, -0.1) is 0 Å². The summed E-state index contributed by atoms with van der Waals surface area (Å²) in [6.45, 7) is -0.00672. The van der Waals surface area contributed by atoms with E-state index in [1.807, 2.05) is 36.5 Å². The van der Waals surface area contributed by atoms with E-state index in [9.17, 15) is 9.18 Å². The number of halogens is 1. The second-order valence-electron chi connectivity index (χ2n) is 5.13. The van der Waals surface area contributed by atoms with Crippen LogP contribution >= 0.6 is 0 Å². The third-order valence-electron chi connectivity index (χ3n) is 3.58. The Balaban J connectivity index is 1.71. The van der Waals surface area contributed by atoms with E-state index in [2.05, 4.69) is 10.5 Å². The van der Waals surface area contributed by atoms with Gasteiger partial charge < -0.3 is 14.7 Å². The number of hydrogen-bond acceptors (Lipinski definition) is 5. The fourth-order valence-corrected chi connectivity index (χ4v) is 2.34. The second kappa shape index (κ2) is 5.48. The molecule has 3 rings (SSSR count). The first-order valence-corrected chi connectivity index (χ1v) is 6.78. The van der Waals surface area contributed by atoms with E-state index in [4.69, 9.17) is 9.78 Å². The van der Waals surface area contributed by atoms with Crippen LogP contribution < -0.4 is 5.32 Å². The van der Waals surface area contributed by atoms with Crippen LogP contribution in [-0.2, 0) is 4.79 Å². The van der Waals surface area contributed by atoms with Crippen LogP contribution in [-0.4, -0.2) is 34.7 Å². The molecule has 6 nitrogen and oxygen atoms in total. The molecule has 0 spiro atoms. The van der Waals surface area contributed by atoms with Crippen molar-refractivity contribution in [2.45, 2.75) is 12.1 Å². The number of hydrogen-bond donors (Lipinski definition) is 1. The average molecular weight is 300 g/mol. The molecule has 2 heterocycles. The Hall–Kier alpha value is -2.88. The molecule has 0 radical (unpaired) electrons. The molecule has 1 aliphatic heterocycles. The van der Waals surface area contributed by atoms with E-state index in [0.29, 0.717) is 5.76 Å². The zero-order valence-electron chi connectivity index (χ0n) is 11.6. The van der Waals surface area contributed by atoms with Crippen molar-refractivity contribution in [3.63, 3.8) is 0 Å². The Kier molecular flexibility index (Phi) is 3.51. The van der Waals surface area contributed by atoms with E-state index in [1.54, 1.807) is 0 Å². The van der Waals surface area contributed by atoms with Gasteiger partial charge in [-0.2, -0.15) is 5.26 Å². The van der Waals surface area contributed by atoms with Gasteiger partial charge in [-0.3, -0.25) is 4.79 Å². The maximum atomic E-state index is 14.5. The van der Waals surface area contributed by atoms with Crippen molar-refractivity contribution < 1.29 is 13.7 Å². The Morgan fingerprint density at radius 2 is 2.23 bits per heavy atom. The molecule has 1 aromatic carbocycles. The smallest absolute Gasteiger partial charge is 0.265 e. The van der Waals surface area contributed by atoms with E-state index >= 15 is 0 Å². The summed E-state index contributed by atoms with van der Waals surface area (Å²) in [7, 11) is 0. The first-order chi connectivity index (χ1) is 10.6. The number of likely N-dealkylation sites (tertiary alicyclic amines) is 1. The molecule has 0 bridgehead atoms. The number of rotatable bonds is 3. The standard InChI is InChI=1S/C15H13FN4O2/c16-15(6-7-20(9-15)10-17)14(21)18-13-8-12(22-19-13)11-4-2-1-3-5-11/h1-5,8H,6-7,9H2,(H,18,19,21). The highest BCUT2D eigenvalue weighted by Gasteiger charge is 2.45. The van der Waals surface area contributed by atoms with Crippen LogP contribution in [0, 0.1) is 11.5 Å². The highest BCUT2D eigenvalue weighted by Crippen LogP contribution is 2.28. The zero-order chi connectivity index (χ0) is 15.6. The van der Waals surface area contributed by atoms with Gasteiger partial charge in [0.2, 0.25) is 5.67 Å². The van der Waals surface area contributed by atoms with Gasteiger partial charge in [0.25, 0.3) is 5.91 Å². The fraction of sp³-hybridized carbons (Fsp3) is 0.267. The van der Waals surface area contributed by atoms with E-state index in [1.165, 1.54) is 11.0 Å². The van der Waals surface area contributed by atoms with Crippen LogP contribution in [0.3, 0.4) is 0 Å². The van der Waals surface area contributed by atoms with Crippen LogP contribution in [0.5, 0.6) is 0 Å². The maximum absolute atomic E-state index is 14.5. The van der Waals surface area contributed by atoms with Gasteiger partial charge in [-0.05, 0) is 0 Å². The SMILES string of the molecule is N#CN1CCC(F)(C(=O)Nc2cc(-c3ccccc3)on2)C1. The van der Waals surface area contributed by atoms with Crippen molar-refractivity contribution in [3.05, 3.63) is 36.4 Å². The van der Waals surface area contributed by atoms with Crippen LogP contribution in [0.25, 0.3) is 11.3 Å². The third-order valence-corrected chi connectivity index (χ3v) is 3.58. The molecule has 2 aromatic rings. The lowest BCUT2D eigenvalue weighted by molar-refractivity contribution is -0.126. The topological polar surface area (TPSA) is 82.2 Å². The molecule has 1 fully saturated rings. The number of nitrogens with zero attached hydrogens (tertiary/aromatic N) is 3. The van der Waals surface area contributed by atoms with Crippen molar-refractivity contribution in [1.29, 1.82) is 5.26 Å². The summed E-state index contributed by atoms with van der Waals surface area (Å²) in [6.07, 6.45) is 1.82. The van der Waals surface area contributed by atoms with Gasteiger partial charge in [-0.1, -0.05) is 35.5 Å². The van der Waals surface area contributed by atoms with Crippen molar-refractivity contribution in [1.82, 2.24) is 10.1 Å². The lowest BCUT2D eigenvalue weighted by atomic mass is 10.1. The Morgan fingerprint density at radius 3 is 2.91 bits per heavy atom. The fourth-order valence-electron chi connectivity index (χ4n) is 2.34. The van der Waals surface area contributed by atoms with E-state index in [0.717, 1.165) is 5.56 Å². The minimum Gasteiger partial charge on any atom is -0.354 e. The Morgan fingerprint density at radius 1 is 1.45 bits per heavy atom. The molecular formula is C15H13FN4O2. The first-order valence-electron chi connectivity index (χ1n) is 6.78. The number of anilines is 1. The molecule has 1 aliphatic rings. The summed E-state index contributed by atoms with van der Waals surface area (Å²) in [6, 6.07) is 10.8. The van der Waals surface area contributed by atoms with Gasteiger partial charge in [0.15, 0.2) is 17.8 Å². The van der Waals surface area contributed by atoms with Crippen molar-refractivity contribution >= 4 is 11.7 Å². The highest BCUT2D eigenvalue weighted by atomic mass is 19.1. The van der Waals surface area contributed by atoms with Crippen molar-refractivity contribution in [2.24, 2.45) is 0 Å². The monoisotopic (exact) mass is 300 g/mol. The number of aromatic nitrogens is 1. The normalized spacial score (nSPS) is 20.6. The van der Waals surface area contributed by atoms with Crippen LogP contribution in [0.2, 0.25) is 0 Å². The summed E-state index contributed by atoms with van der Waals surface area (Å²) in [5.41, 5.74) is -1.27. The molecule has 1 atom stereocenters. The summed E-state index contributed by atoms with van der Waals surface area (Å²) in [5.74, 6) is -0.177. The highest BCUT2D eigenvalue weighted by molar-refractivity contribution is 5.97. The molecular weight excluding hydrogens is 287 g/mol. The first kappa shape index (κ1) is 14.1. The molecule has 1 saturated heterocycles. The minimum atomic E-state index is -2.08. The number of nitrogens with one attached hydrogen (secondary N) is 1. The van der Waals surface area contributed by atoms with Gasteiger partial charge >= 0.3 is 0 Å². The van der Waals surface area contributed by atoms with Crippen molar-refractivity contribution in [2.75, 3.05) is 18.4 Å².